The van der Waals surface area contributed by atoms with E-state index in [-0.39, 0.29) is 24.9 Å². The first-order valence-corrected chi connectivity index (χ1v) is 5.97. The van der Waals surface area contributed by atoms with Gasteiger partial charge in [0.1, 0.15) is 0 Å². The zero-order valence-corrected chi connectivity index (χ0v) is 10.6. The number of amides is 2. The Morgan fingerprint density at radius 3 is 2.71 bits per heavy atom. The molecule has 0 spiro atoms. The van der Waals surface area contributed by atoms with Gasteiger partial charge in [0.2, 0.25) is 11.8 Å². The van der Waals surface area contributed by atoms with Gasteiger partial charge in [0.05, 0.1) is 13.1 Å². The van der Waals surface area contributed by atoms with Crippen LogP contribution < -0.4 is 10.6 Å². The van der Waals surface area contributed by atoms with Crippen molar-refractivity contribution < 1.29 is 14.3 Å². The van der Waals surface area contributed by atoms with Gasteiger partial charge in [0.15, 0.2) is 5.11 Å². The molecule has 1 rings (SSSR count). The maximum atomic E-state index is 11.1. The molecule has 1 aliphatic rings. The molecule has 0 saturated carbocycles. The summed E-state index contributed by atoms with van der Waals surface area (Å²) in [6, 6.07) is 0. The van der Waals surface area contributed by atoms with Crippen molar-refractivity contribution in [3.8, 4) is 0 Å². The molecule has 17 heavy (non-hydrogen) atoms. The van der Waals surface area contributed by atoms with Crippen LogP contribution in [0.3, 0.4) is 0 Å². The third kappa shape index (κ3) is 5.10. The minimum atomic E-state index is -0.320. The molecule has 0 aromatic rings. The van der Waals surface area contributed by atoms with E-state index in [0.29, 0.717) is 24.9 Å². The second-order valence-electron chi connectivity index (χ2n) is 3.61. The number of ether oxygens (including phenoxy) is 1. The minimum absolute atomic E-state index is 0.128. The lowest BCUT2D eigenvalue weighted by atomic mass is 10.3. The molecule has 7 heteroatoms. The summed E-state index contributed by atoms with van der Waals surface area (Å²) >= 11 is 5.10. The quantitative estimate of drug-likeness (QED) is 0.384. The normalized spacial score (nSPS) is 15.7. The number of hydrogen-bond donors (Lipinski definition) is 2. The van der Waals surface area contributed by atoms with Crippen molar-refractivity contribution in [1.29, 1.82) is 0 Å². The summed E-state index contributed by atoms with van der Waals surface area (Å²) in [5.74, 6) is -0.639. The van der Waals surface area contributed by atoms with Crippen LogP contribution in [0.15, 0.2) is 0 Å². The number of hydrogen-bond acceptors (Lipinski definition) is 4. The van der Waals surface area contributed by atoms with Crippen LogP contribution in [-0.4, -0.2) is 54.7 Å². The van der Waals surface area contributed by atoms with E-state index in [9.17, 15) is 9.59 Å². The SMILES string of the molecule is CCOCCCNC(=S)N1CC(=O)NC(=O)C1. The molecule has 2 N–H and O–H groups in total. The lowest BCUT2D eigenvalue weighted by Crippen LogP contribution is -2.55. The van der Waals surface area contributed by atoms with Gasteiger partial charge in [-0.1, -0.05) is 0 Å². The first kappa shape index (κ1) is 13.9. The molecule has 0 atom stereocenters. The Labute approximate surface area is 106 Å². The number of thiocarbonyl (C=S) groups is 1. The maximum Gasteiger partial charge on any atom is 0.246 e. The first-order chi connectivity index (χ1) is 8.13. The second kappa shape index (κ2) is 7.18. The molecule has 1 heterocycles. The lowest BCUT2D eigenvalue weighted by molar-refractivity contribution is -0.134. The molecule has 0 unspecified atom stereocenters. The van der Waals surface area contributed by atoms with Crippen molar-refractivity contribution in [2.45, 2.75) is 13.3 Å². The largest absolute Gasteiger partial charge is 0.382 e. The maximum absolute atomic E-state index is 11.1. The average Bonchev–Trinajstić information content (AvgIpc) is 2.27. The van der Waals surface area contributed by atoms with Gasteiger partial charge in [-0.05, 0) is 25.6 Å². The Bertz CT molecular complexity index is 293. The van der Waals surface area contributed by atoms with Crippen LogP contribution >= 0.6 is 12.2 Å². The molecule has 6 nitrogen and oxygen atoms in total. The highest BCUT2D eigenvalue weighted by atomic mass is 32.1. The highest BCUT2D eigenvalue weighted by molar-refractivity contribution is 7.80. The predicted octanol–water partition coefficient (Wildman–Crippen LogP) is -0.754. The summed E-state index contributed by atoms with van der Waals surface area (Å²) in [4.78, 5) is 23.8. The number of nitrogens with one attached hydrogen (secondary N) is 2. The van der Waals surface area contributed by atoms with Crippen LogP contribution in [0.4, 0.5) is 0 Å². The molecule has 0 radical (unpaired) electrons. The fourth-order valence-electron chi connectivity index (χ4n) is 1.41. The standard InChI is InChI=1S/C10H17N3O3S/c1-2-16-5-3-4-11-10(17)13-6-8(14)12-9(15)7-13/h2-7H2,1H3,(H,11,17)(H,12,14,15). The Balaban J connectivity index is 2.22. The smallest absolute Gasteiger partial charge is 0.246 e. The molecular weight excluding hydrogens is 242 g/mol. The van der Waals surface area contributed by atoms with Crippen LogP contribution in [-0.2, 0) is 14.3 Å². The number of rotatable bonds is 5. The van der Waals surface area contributed by atoms with E-state index in [4.69, 9.17) is 17.0 Å². The van der Waals surface area contributed by atoms with E-state index in [0.717, 1.165) is 6.42 Å². The number of piperazine rings is 1. The van der Waals surface area contributed by atoms with Crippen LogP contribution in [0.25, 0.3) is 0 Å². The van der Waals surface area contributed by atoms with Crippen molar-refractivity contribution >= 4 is 29.1 Å². The fraction of sp³-hybridized carbons (Fsp3) is 0.700. The molecule has 2 amide bonds. The Morgan fingerprint density at radius 1 is 1.47 bits per heavy atom. The van der Waals surface area contributed by atoms with Gasteiger partial charge >= 0.3 is 0 Å². The number of imide groups is 1. The van der Waals surface area contributed by atoms with Gasteiger partial charge in [-0.2, -0.15) is 0 Å². The molecule has 96 valence electrons. The van der Waals surface area contributed by atoms with Gasteiger partial charge in [0.25, 0.3) is 0 Å². The third-order valence-corrected chi connectivity index (χ3v) is 2.58. The van der Waals surface area contributed by atoms with Gasteiger partial charge in [-0.25, -0.2) is 0 Å². The summed E-state index contributed by atoms with van der Waals surface area (Å²) in [5.41, 5.74) is 0. The monoisotopic (exact) mass is 259 g/mol. The predicted molar refractivity (Wildman–Crippen MR) is 66.4 cm³/mol. The topological polar surface area (TPSA) is 70.7 Å². The van der Waals surface area contributed by atoms with Gasteiger partial charge in [-0.3, -0.25) is 14.9 Å². The Hall–Kier alpha value is -1.21. The molecular formula is C10H17N3O3S. The molecule has 1 saturated heterocycles. The van der Waals surface area contributed by atoms with Gasteiger partial charge in [-0.15, -0.1) is 0 Å². The summed E-state index contributed by atoms with van der Waals surface area (Å²) in [7, 11) is 0. The average molecular weight is 259 g/mol. The van der Waals surface area contributed by atoms with Crippen LogP contribution in [0.5, 0.6) is 0 Å². The number of carbonyl (C=O) groups is 2. The summed E-state index contributed by atoms with van der Waals surface area (Å²) in [5, 5.41) is 5.65. The number of nitrogens with zero attached hydrogens (tertiary/aromatic N) is 1. The Morgan fingerprint density at radius 2 is 2.12 bits per heavy atom. The zero-order chi connectivity index (χ0) is 12.7. The highest BCUT2D eigenvalue weighted by Gasteiger charge is 2.23. The van der Waals surface area contributed by atoms with Crippen molar-refractivity contribution in [3.63, 3.8) is 0 Å². The number of carbonyl (C=O) groups excluding carboxylic acids is 2. The molecule has 0 aromatic heterocycles. The lowest BCUT2D eigenvalue weighted by Gasteiger charge is -2.27. The summed E-state index contributed by atoms with van der Waals surface area (Å²) in [6.45, 7) is 4.24. The molecule has 1 fully saturated rings. The molecule has 0 bridgehead atoms. The highest BCUT2D eigenvalue weighted by Crippen LogP contribution is 1.96. The van der Waals surface area contributed by atoms with Crippen LogP contribution in [0, 0.1) is 0 Å². The molecule has 0 aliphatic carbocycles. The van der Waals surface area contributed by atoms with E-state index in [2.05, 4.69) is 10.6 Å². The van der Waals surface area contributed by atoms with Crippen molar-refractivity contribution in [2.24, 2.45) is 0 Å². The zero-order valence-electron chi connectivity index (χ0n) is 9.82. The minimum Gasteiger partial charge on any atom is -0.382 e. The van der Waals surface area contributed by atoms with Crippen molar-refractivity contribution in [2.75, 3.05) is 32.8 Å². The summed E-state index contributed by atoms with van der Waals surface area (Å²) < 4.78 is 5.18. The van der Waals surface area contributed by atoms with E-state index in [1.807, 2.05) is 6.92 Å². The second-order valence-corrected chi connectivity index (χ2v) is 4.00. The summed E-state index contributed by atoms with van der Waals surface area (Å²) in [6.07, 6.45) is 0.835. The van der Waals surface area contributed by atoms with Crippen molar-refractivity contribution in [1.82, 2.24) is 15.5 Å². The molecule has 1 aliphatic heterocycles. The van der Waals surface area contributed by atoms with Crippen LogP contribution in [0.2, 0.25) is 0 Å². The third-order valence-electron chi connectivity index (χ3n) is 2.18. The van der Waals surface area contributed by atoms with E-state index < -0.39 is 0 Å². The van der Waals surface area contributed by atoms with Gasteiger partial charge < -0.3 is 15.0 Å². The van der Waals surface area contributed by atoms with Gasteiger partial charge in [0, 0.05) is 19.8 Å². The Kier molecular flexibility index (Phi) is 5.85. The molecule has 0 aromatic carbocycles. The first-order valence-electron chi connectivity index (χ1n) is 5.56. The van der Waals surface area contributed by atoms with E-state index >= 15 is 0 Å². The van der Waals surface area contributed by atoms with Crippen molar-refractivity contribution in [3.05, 3.63) is 0 Å². The van der Waals surface area contributed by atoms with E-state index in [1.165, 1.54) is 0 Å². The van der Waals surface area contributed by atoms with E-state index in [1.54, 1.807) is 4.90 Å². The van der Waals surface area contributed by atoms with Crippen LogP contribution in [0.1, 0.15) is 13.3 Å². The fourth-order valence-corrected chi connectivity index (χ4v) is 1.64.